The van der Waals surface area contributed by atoms with Gasteiger partial charge >= 0.3 is 0 Å². The second-order valence-electron chi connectivity index (χ2n) is 6.56. The predicted molar refractivity (Wildman–Crippen MR) is 90.6 cm³/mol. The van der Waals surface area contributed by atoms with E-state index in [1.54, 1.807) is 0 Å². The zero-order valence-electron chi connectivity index (χ0n) is 14.1. The molecular weight excluding hydrogens is 258 g/mol. The maximum absolute atomic E-state index is 6.44. The number of hydrogen-bond donors (Lipinski definition) is 1. The molecule has 1 heterocycles. The van der Waals surface area contributed by atoms with E-state index >= 15 is 0 Å². The van der Waals surface area contributed by atoms with Crippen LogP contribution in [0.5, 0.6) is 0 Å². The maximum atomic E-state index is 6.44. The van der Waals surface area contributed by atoms with Gasteiger partial charge in [-0.15, -0.1) is 0 Å². The van der Waals surface area contributed by atoms with Gasteiger partial charge in [0, 0.05) is 44.8 Å². The van der Waals surface area contributed by atoms with Gasteiger partial charge in [0.25, 0.3) is 0 Å². The first-order chi connectivity index (χ1) is 10.0. The van der Waals surface area contributed by atoms with Crippen LogP contribution in [0.15, 0.2) is 18.2 Å². The van der Waals surface area contributed by atoms with E-state index in [1.165, 1.54) is 36.2 Å². The van der Waals surface area contributed by atoms with Crippen LogP contribution in [0.25, 0.3) is 0 Å². The molecule has 1 fully saturated rings. The fourth-order valence-corrected chi connectivity index (χ4v) is 3.26. The molecule has 1 aromatic carbocycles. The average Bonchev–Trinajstić information content (AvgIpc) is 2.47. The van der Waals surface area contributed by atoms with Crippen molar-refractivity contribution < 1.29 is 0 Å². The van der Waals surface area contributed by atoms with Gasteiger partial charge in [0.1, 0.15) is 0 Å². The summed E-state index contributed by atoms with van der Waals surface area (Å²) in [5.41, 5.74) is 10.4. The Labute approximate surface area is 130 Å². The molecule has 0 radical (unpaired) electrons. The normalized spacial score (nSPS) is 20.4. The molecule has 1 aliphatic rings. The second kappa shape index (κ2) is 7.39. The molecule has 1 aromatic rings. The van der Waals surface area contributed by atoms with Crippen LogP contribution in [0.1, 0.15) is 43.0 Å². The van der Waals surface area contributed by atoms with Crippen LogP contribution < -0.4 is 5.73 Å². The van der Waals surface area contributed by atoms with Gasteiger partial charge in [0.15, 0.2) is 0 Å². The van der Waals surface area contributed by atoms with Crippen LogP contribution >= 0.6 is 0 Å². The zero-order valence-corrected chi connectivity index (χ0v) is 14.1. The highest BCUT2D eigenvalue weighted by molar-refractivity contribution is 5.32. The van der Waals surface area contributed by atoms with Crippen LogP contribution in [0.3, 0.4) is 0 Å². The molecule has 0 aromatic heterocycles. The van der Waals surface area contributed by atoms with E-state index in [4.69, 9.17) is 5.73 Å². The third kappa shape index (κ3) is 4.29. The van der Waals surface area contributed by atoms with Crippen molar-refractivity contribution in [2.24, 2.45) is 5.73 Å². The first-order valence-electron chi connectivity index (χ1n) is 8.30. The Bertz CT molecular complexity index is 450. The Morgan fingerprint density at radius 1 is 1.14 bits per heavy atom. The fraction of sp³-hybridized carbons (Fsp3) is 0.667. The zero-order chi connectivity index (χ0) is 15.4. The molecule has 1 aliphatic heterocycles. The molecule has 1 saturated heterocycles. The van der Waals surface area contributed by atoms with Gasteiger partial charge in [-0.3, -0.25) is 9.80 Å². The quantitative estimate of drug-likeness (QED) is 0.904. The van der Waals surface area contributed by atoms with E-state index in [2.05, 4.69) is 55.7 Å². The van der Waals surface area contributed by atoms with Crippen molar-refractivity contribution in [2.75, 3.05) is 32.7 Å². The summed E-state index contributed by atoms with van der Waals surface area (Å²) in [6, 6.07) is 7.44. The van der Waals surface area contributed by atoms with Crippen LogP contribution in [-0.2, 0) is 0 Å². The average molecular weight is 289 g/mol. The van der Waals surface area contributed by atoms with Crippen molar-refractivity contribution >= 4 is 0 Å². The minimum atomic E-state index is 0.126. The highest BCUT2D eigenvalue weighted by atomic mass is 15.3. The summed E-state index contributed by atoms with van der Waals surface area (Å²) in [6.45, 7) is 14.5. The monoisotopic (exact) mass is 289 g/mol. The lowest BCUT2D eigenvalue weighted by molar-refractivity contribution is 0.0968. The van der Waals surface area contributed by atoms with E-state index in [-0.39, 0.29) is 6.04 Å². The smallest absolute Gasteiger partial charge is 0.0426 e. The minimum absolute atomic E-state index is 0.126. The first kappa shape index (κ1) is 16.5. The predicted octanol–water partition coefficient (Wildman–Crippen LogP) is 2.72. The van der Waals surface area contributed by atoms with Gasteiger partial charge in [0.05, 0.1) is 0 Å². The van der Waals surface area contributed by atoms with Crippen molar-refractivity contribution in [3.05, 3.63) is 34.9 Å². The number of piperazine rings is 1. The first-order valence-corrected chi connectivity index (χ1v) is 8.30. The summed E-state index contributed by atoms with van der Waals surface area (Å²) < 4.78 is 0. The lowest BCUT2D eigenvalue weighted by Gasteiger charge is -2.38. The van der Waals surface area contributed by atoms with Crippen LogP contribution in [0.2, 0.25) is 0 Å². The molecule has 0 aliphatic carbocycles. The molecule has 0 amide bonds. The number of nitrogens with zero attached hydrogens (tertiary/aromatic N) is 2. The van der Waals surface area contributed by atoms with Crippen LogP contribution in [0.4, 0.5) is 0 Å². The van der Waals surface area contributed by atoms with Crippen LogP contribution in [0, 0.1) is 13.8 Å². The van der Waals surface area contributed by atoms with E-state index < -0.39 is 0 Å². The highest BCUT2D eigenvalue weighted by Crippen LogP contribution is 2.19. The lowest BCUT2D eigenvalue weighted by Crippen LogP contribution is -2.50. The SMILES string of the molecule is CCC(C)N1CCN(CC(N)c2ccc(C)cc2C)CC1. The van der Waals surface area contributed by atoms with E-state index in [0.717, 1.165) is 19.6 Å². The minimum Gasteiger partial charge on any atom is -0.323 e. The molecule has 2 atom stereocenters. The van der Waals surface area contributed by atoms with Crippen molar-refractivity contribution in [3.63, 3.8) is 0 Å². The summed E-state index contributed by atoms with van der Waals surface area (Å²) in [6.07, 6.45) is 1.24. The molecular formula is C18H31N3. The Kier molecular flexibility index (Phi) is 5.80. The topological polar surface area (TPSA) is 32.5 Å². The third-order valence-electron chi connectivity index (χ3n) is 4.90. The maximum Gasteiger partial charge on any atom is 0.0426 e. The van der Waals surface area contributed by atoms with Crippen molar-refractivity contribution in [1.29, 1.82) is 0 Å². The highest BCUT2D eigenvalue weighted by Gasteiger charge is 2.22. The number of aryl methyl sites for hydroxylation is 2. The van der Waals surface area contributed by atoms with Gasteiger partial charge in [-0.05, 0) is 38.3 Å². The summed E-state index contributed by atoms with van der Waals surface area (Å²) in [7, 11) is 0. The van der Waals surface area contributed by atoms with Gasteiger partial charge < -0.3 is 5.73 Å². The van der Waals surface area contributed by atoms with Gasteiger partial charge in [-0.2, -0.15) is 0 Å². The van der Waals surface area contributed by atoms with E-state index in [0.29, 0.717) is 6.04 Å². The molecule has 3 heteroatoms. The van der Waals surface area contributed by atoms with Gasteiger partial charge in [-0.1, -0.05) is 30.7 Å². The van der Waals surface area contributed by atoms with E-state index in [9.17, 15) is 0 Å². The Balaban J connectivity index is 1.88. The van der Waals surface area contributed by atoms with Crippen LogP contribution in [-0.4, -0.2) is 48.6 Å². The molecule has 0 spiro atoms. The van der Waals surface area contributed by atoms with Gasteiger partial charge in [-0.25, -0.2) is 0 Å². The number of nitrogens with two attached hydrogens (primary N) is 1. The number of hydrogen-bond acceptors (Lipinski definition) is 3. The molecule has 2 unspecified atom stereocenters. The third-order valence-corrected chi connectivity index (χ3v) is 4.90. The fourth-order valence-electron chi connectivity index (χ4n) is 3.26. The Morgan fingerprint density at radius 3 is 2.38 bits per heavy atom. The van der Waals surface area contributed by atoms with Crippen molar-refractivity contribution in [1.82, 2.24) is 9.80 Å². The molecule has 2 N–H and O–H groups in total. The molecule has 0 bridgehead atoms. The largest absolute Gasteiger partial charge is 0.323 e. The summed E-state index contributed by atoms with van der Waals surface area (Å²) >= 11 is 0. The Morgan fingerprint density at radius 2 is 1.81 bits per heavy atom. The molecule has 118 valence electrons. The standard InChI is InChI=1S/C18H31N3/c1-5-16(4)21-10-8-20(9-11-21)13-18(19)17-7-6-14(2)12-15(17)3/h6-7,12,16,18H,5,8-11,13,19H2,1-4H3. The summed E-state index contributed by atoms with van der Waals surface area (Å²) in [5.74, 6) is 0. The molecule has 21 heavy (non-hydrogen) atoms. The van der Waals surface area contributed by atoms with Crippen molar-refractivity contribution in [3.8, 4) is 0 Å². The summed E-state index contributed by atoms with van der Waals surface area (Å²) in [5, 5.41) is 0. The molecule has 0 saturated carbocycles. The Hall–Kier alpha value is -0.900. The number of rotatable bonds is 5. The van der Waals surface area contributed by atoms with Crippen molar-refractivity contribution in [2.45, 2.75) is 46.2 Å². The second-order valence-corrected chi connectivity index (χ2v) is 6.56. The van der Waals surface area contributed by atoms with Gasteiger partial charge in [0.2, 0.25) is 0 Å². The summed E-state index contributed by atoms with van der Waals surface area (Å²) in [4.78, 5) is 5.11. The number of benzene rings is 1. The molecule has 2 rings (SSSR count). The lowest BCUT2D eigenvalue weighted by atomic mass is 9.99. The van der Waals surface area contributed by atoms with E-state index in [1.807, 2.05) is 0 Å². The molecule has 3 nitrogen and oxygen atoms in total.